The molecule has 0 spiro atoms. The average molecular weight is 769 g/mol. The van der Waals surface area contributed by atoms with Gasteiger partial charge in [-0.3, -0.25) is 19.0 Å². The van der Waals surface area contributed by atoms with Crippen LogP contribution in [0.3, 0.4) is 0 Å². The second-order valence-corrected chi connectivity index (χ2v) is 16.8. The molecule has 0 bridgehead atoms. The lowest BCUT2D eigenvalue weighted by Crippen LogP contribution is -2.40. The number of rotatable bonds is 9. The Bertz CT molecular complexity index is 2310. The summed E-state index contributed by atoms with van der Waals surface area (Å²) in [5, 5.41) is 14.9. The van der Waals surface area contributed by atoms with Gasteiger partial charge >= 0.3 is 0 Å². The lowest BCUT2D eigenvalue weighted by atomic mass is 10.0. The molecule has 6 aromatic rings. The van der Waals surface area contributed by atoms with Crippen LogP contribution in [0.1, 0.15) is 108 Å². The van der Waals surface area contributed by atoms with Crippen LogP contribution in [0, 0.1) is 6.92 Å². The van der Waals surface area contributed by atoms with E-state index in [9.17, 15) is 9.59 Å². The van der Waals surface area contributed by atoms with Crippen molar-refractivity contribution < 1.29 is 14.3 Å². The number of benzene rings is 2. The Hall–Kier alpha value is -6.10. The maximum atomic E-state index is 12.9. The summed E-state index contributed by atoms with van der Waals surface area (Å²) in [5.74, 6) is 0.528. The molecular formula is C46H56N8O3. The summed E-state index contributed by atoms with van der Waals surface area (Å²) in [6, 6.07) is 27.4. The summed E-state index contributed by atoms with van der Waals surface area (Å²) in [6.45, 7) is 22.2. The summed E-state index contributed by atoms with van der Waals surface area (Å²) in [6.07, 6.45) is 3.52. The molecule has 2 aromatic carbocycles. The van der Waals surface area contributed by atoms with Gasteiger partial charge in [0.05, 0.1) is 41.3 Å². The van der Waals surface area contributed by atoms with E-state index in [0.717, 1.165) is 45.3 Å². The van der Waals surface area contributed by atoms with Gasteiger partial charge in [-0.25, -0.2) is 9.97 Å². The van der Waals surface area contributed by atoms with Crippen LogP contribution in [0.4, 0.5) is 0 Å². The Labute approximate surface area is 336 Å². The number of methoxy groups -OCH3 is 1. The highest BCUT2D eigenvalue weighted by Gasteiger charge is 2.21. The van der Waals surface area contributed by atoms with Gasteiger partial charge in [0.15, 0.2) is 0 Å². The molecule has 11 heteroatoms. The number of carbonyl (C=O) groups excluding carboxylic acids is 2. The number of hydrogen-bond donors (Lipinski definition) is 2. The third kappa shape index (κ3) is 11.0. The summed E-state index contributed by atoms with van der Waals surface area (Å²) in [7, 11) is 1.63. The molecule has 0 aliphatic rings. The largest absolute Gasteiger partial charge is 0.497 e. The number of pyridine rings is 2. The van der Waals surface area contributed by atoms with Crippen LogP contribution in [0.2, 0.25) is 0 Å². The van der Waals surface area contributed by atoms with Crippen LogP contribution in [-0.4, -0.2) is 59.5 Å². The zero-order valence-corrected chi connectivity index (χ0v) is 35.3. The van der Waals surface area contributed by atoms with E-state index in [1.165, 1.54) is 5.56 Å². The van der Waals surface area contributed by atoms with Crippen molar-refractivity contribution in [2.75, 3.05) is 7.11 Å². The molecule has 0 radical (unpaired) electrons. The molecule has 0 unspecified atom stereocenters. The van der Waals surface area contributed by atoms with Crippen LogP contribution in [-0.2, 0) is 0 Å². The van der Waals surface area contributed by atoms with Gasteiger partial charge in [-0.05, 0) is 137 Å². The number of amides is 2. The predicted molar refractivity (Wildman–Crippen MR) is 228 cm³/mol. The van der Waals surface area contributed by atoms with Crippen LogP contribution in [0.25, 0.3) is 45.3 Å². The monoisotopic (exact) mass is 768 g/mol. The molecule has 2 N–H and O–H groups in total. The number of aromatic nitrogens is 6. The minimum atomic E-state index is -0.333. The van der Waals surface area contributed by atoms with Gasteiger partial charge in [-0.15, -0.1) is 0 Å². The third-order valence-corrected chi connectivity index (χ3v) is 8.73. The molecule has 0 aliphatic carbocycles. The van der Waals surface area contributed by atoms with E-state index >= 15 is 0 Å². The SMILES string of the molecule is COc1ccc(-c2cc(C(=O)NC(C)(C)C)cc(-c3ccnn3C(C)C)n2)cc1.Cc1ccc(-c2cc(C(=O)NC(C)(C)C)cc(-c3ccnn3C(C)C)n2)cc1. The van der Waals surface area contributed by atoms with Gasteiger partial charge in [0.2, 0.25) is 0 Å². The van der Waals surface area contributed by atoms with Crippen molar-refractivity contribution in [3.63, 3.8) is 0 Å². The van der Waals surface area contributed by atoms with E-state index < -0.39 is 0 Å². The Kier molecular flexibility index (Phi) is 12.8. The maximum Gasteiger partial charge on any atom is 0.251 e. The lowest BCUT2D eigenvalue weighted by molar-refractivity contribution is 0.0910. The van der Waals surface area contributed by atoms with Gasteiger partial charge in [0.25, 0.3) is 11.8 Å². The summed E-state index contributed by atoms with van der Waals surface area (Å²) < 4.78 is 9.08. The molecular weight excluding hydrogens is 713 g/mol. The smallest absolute Gasteiger partial charge is 0.251 e. The fourth-order valence-corrected chi connectivity index (χ4v) is 6.05. The van der Waals surface area contributed by atoms with Crippen LogP contribution in [0.15, 0.2) is 97.3 Å². The molecule has 298 valence electrons. The number of nitrogens with one attached hydrogen (secondary N) is 2. The first-order chi connectivity index (χ1) is 26.8. The van der Waals surface area contributed by atoms with Gasteiger partial charge in [-0.1, -0.05) is 29.8 Å². The molecule has 0 saturated heterocycles. The zero-order chi connectivity index (χ0) is 41.7. The number of ether oxygens (including phenoxy) is 1. The van der Waals surface area contributed by atoms with E-state index in [1.54, 1.807) is 19.5 Å². The summed E-state index contributed by atoms with van der Waals surface area (Å²) in [5.41, 5.74) is 8.29. The molecule has 2 amide bonds. The van der Waals surface area contributed by atoms with Gasteiger partial charge < -0.3 is 15.4 Å². The number of hydrogen-bond acceptors (Lipinski definition) is 7. The molecule has 4 heterocycles. The lowest BCUT2D eigenvalue weighted by Gasteiger charge is -2.21. The quantitative estimate of drug-likeness (QED) is 0.150. The van der Waals surface area contributed by atoms with Gasteiger partial charge in [0, 0.05) is 57.8 Å². The average Bonchev–Trinajstić information content (AvgIpc) is 3.85. The van der Waals surface area contributed by atoms with Crippen molar-refractivity contribution in [1.82, 2.24) is 40.2 Å². The zero-order valence-electron chi connectivity index (χ0n) is 35.3. The van der Waals surface area contributed by atoms with Crippen LogP contribution >= 0.6 is 0 Å². The van der Waals surface area contributed by atoms with E-state index in [0.29, 0.717) is 16.8 Å². The number of carbonyl (C=O) groups is 2. The van der Waals surface area contributed by atoms with E-state index in [4.69, 9.17) is 14.7 Å². The Morgan fingerprint density at radius 3 is 1.30 bits per heavy atom. The third-order valence-electron chi connectivity index (χ3n) is 8.73. The molecule has 0 aliphatic heterocycles. The van der Waals surface area contributed by atoms with E-state index in [-0.39, 0.29) is 35.0 Å². The molecule has 4 aromatic heterocycles. The van der Waals surface area contributed by atoms with Crippen LogP contribution < -0.4 is 15.4 Å². The first-order valence-corrected chi connectivity index (χ1v) is 19.3. The van der Waals surface area contributed by atoms with Crippen molar-refractivity contribution in [3.05, 3.63) is 114 Å². The van der Waals surface area contributed by atoms with Crippen molar-refractivity contribution in [3.8, 4) is 51.0 Å². The molecule has 0 saturated carbocycles. The van der Waals surface area contributed by atoms with Gasteiger partial charge in [-0.2, -0.15) is 10.2 Å². The number of aryl methyl sites for hydroxylation is 1. The topological polar surface area (TPSA) is 129 Å². The Morgan fingerprint density at radius 1 is 0.579 bits per heavy atom. The van der Waals surface area contributed by atoms with E-state index in [1.807, 2.05) is 124 Å². The molecule has 6 rings (SSSR count). The highest BCUT2D eigenvalue weighted by atomic mass is 16.5. The van der Waals surface area contributed by atoms with Crippen molar-refractivity contribution in [2.24, 2.45) is 0 Å². The minimum absolute atomic E-state index is 0.111. The first-order valence-electron chi connectivity index (χ1n) is 19.3. The van der Waals surface area contributed by atoms with Gasteiger partial charge in [0.1, 0.15) is 5.75 Å². The van der Waals surface area contributed by atoms with Crippen molar-refractivity contribution in [2.45, 2.75) is 99.3 Å². The second kappa shape index (κ2) is 17.4. The fourth-order valence-electron chi connectivity index (χ4n) is 6.05. The Balaban J connectivity index is 0.000000218. The van der Waals surface area contributed by atoms with Crippen molar-refractivity contribution >= 4 is 11.8 Å². The molecule has 57 heavy (non-hydrogen) atoms. The van der Waals surface area contributed by atoms with E-state index in [2.05, 4.69) is 67.6 Å². The molecule has 11 nitrogen and oxygen atoms in total. The summed E-state index contributed by atoms with van der Waals surface area (Å²) >= 11 is 0. The normalized spacial score (nSPS) is 11.6. The predicted octanol–water partition coefficient (Wildman–Crippen LogP) is 9.76. The van der Waals surface area contributed by atoms with Crippen LogP contribution in [0.5, 0.6) is 5.75 Å². The standard InChI is InChI=1S/C23H28N4O2.C23H28N4O/c1-15(2)27-21(11-12-24-27)20-14-17(22(28)26-23(3,4)5)13-19(25-20)16-7-9-18(29-6)10-8-16;1-15(2)27-21(11-12-24-27)20-14-18(22(28)26-23(4,5)6)13-19(25-20)17-9-7-16(3)8-10-17/h7-15H,1-6H3,(H,26,28);7-15H,1-6H3,(H,26,28). The highest BCUT2D eigenvalue weighted by molar-refractivity contribution is 5.97. The molecule has 0 atom stereocenters. The fraction of sp³-hybridized carbons (Fsp3) is 0.348. The first kappa shape index (κ1) is 42.1. The number of nitrogens with zero attached hydrogens (tertiary/aromatic N) is 6. The maximum absolute atomic E-state index is 12.9. The Morgan fingerprint density at radius 2 is 0.947 bits per heavy atom. The summed E-state index contributed by atoms with van der Waals surface area (Å²) in [4.78, 5) is 35.5. The minimum Gasteiger partial charge on any atom is -0.497 e. The highest BCUT2D eigenvalue weighted by Crippen LogP contribution is 2.29. The molecule has 0 fully saturated rings. The van der Waals surface area contributed by atoms with Crippen molar-refractivity contribution in [1.29, 1.82) is 0 Å². The second-order valence-electron chi connectivity index (χ2n) is 16.8.